The largest absolute Gasteiger partial charge is 0.0776 e. The second-order valence-electron chi connectivity index (χ2n) is 6.69. The van der Waals surface area contributed by atoms with E-state index in [0.717, 1.165) is 6.42 Å². The summed E-state index contributed by atoms with van der Waals surface area (Å²) in [5.74, 6) is 0. The molecule has 1 rings (SSSR count). The van der Waals surface area contributed by atoms with Gasteiger partial charge >= 0.3 is 0 Å². The molecule has 0 amide bonds. The second-order valence-corrected chi connectivity index (χ2v) is 6.69. The van der Waals surface area contributed by atoms with Gasteiger partial charge < -0.3 is 0 Å². The highest BCUT2D eigenvalue weighted by Crippen LogP contribution is 2.26. The van der Waals surface area contributed by atoms with Crippen LogP contribution in [0.1, 0.15) is 97.2 Å². The summed E-state index contributed by atoms with van der Waals surface area (Å²) >= 11 is 0. The maximum Gasteiger partial charge on any atom is -0.0132 e. The highest BCUT2D eigenvalue weighted by molar-refractivity contribution is 5.29. The zero-order valence-corrected chi connectivity index (χ0v) is 11.0. The number of rotatable bonds is 1. The summed E-state index contributed by atoms with van der Waals surface area (Å²) in [4.78, 5) is 0. The van der Waals surface area contributed by atoms with Crippen molar-refractivity contribution in [1.82, 2.24) is 0 Å². The molecule has 0 unspecified atom stereocenters. The van der Waals surface area contributed by atoms with E-state index in [-0.39, 0.29) is 50.0 Å². The maximum absolute atomic E-state index is 2.35. The van der Waals surface area contributed by atoms with Crippen LogP contribution >= 0.6 is 0 Å². The van der Waals surface area contributed by atoms with Crippen molar-refractivity contribution in [3.63, 3.8) is 0 Å². The third-order valence-electron chi connectivity index (χ3n) is 2.53. The predicted octanol–water partition coefficient (Wildman–Crippen LogP) is 8.39. The SMILES string of the molecule is C.C.C.C.C.C.CC(C)(C)Cc1cccc(C(C)(C)C)c1. The minimum Gasteiger partial charge on any atom is -0.0776 e. The Balaban J connectivity index is -0.0000000937. The standard InChI is InChI=1S/C15H24.6CH4/c1-14(2,3)11-12-8-7-9-13(10-12)15(4,5)6;;;;;;/h7-10H,11H2,1-6H3;6*1H4. The molecule has 0 aliphatic rings. The molecule has 0 fully saturated rings. The number of hydrogen-bond donors (Lipinski definition) is 0. The van der Waals surface area contributed by atoms with Crippen LogP contribution in [0.5, 0.6) is 0 Å². The molecule has 0 saturated carbocycles. The lowest BCUT2D eigenvalue weighted by atomic mass is 9.83. The summed E-state index contributed by atoms with van der Waals surface area (Å²) in [5, 5.41) is 0. The Kier molecular flexibility index (Phi) is 22.7. The molecule has 0 radical (unpaired) electrons. The van der Waals surface area contributed by atoms with Crippen molar-refractivity contribution in [2.45, 2.75) is 97.9 Å². The summed E-state index contributed by atoms with van der Waals surface area (Å²) in [7, 11) is 0. The first-order valence-corrected chi connectivity index (χ1v) is 5.78. The molecule has 0 bridgehead atoms. The number of benzene rings is 1. The van der Waals surface area contributed by atoms with Crippen LogP contribution in [0.3, 0.4) is 0 Å². The molecule has 1 aromatic carbocycles. The lowest BCUT2D eigenvalue weighted by Gasteiger charge is -2.22. The molecule has 0 saturated heterocycles. The third-order valence-corrected chi connectivity index (χ3v) is 2.53. The van der Waals surface area contributed by atoms with Crippen LogP contribution in [0.2, 0.25) is 0 Å². The van der Waals surface area contributed by atoms with E-state index in [1.54, 1.807) is 0 Å². The minimum absolute atomic E-state index is 0. The molecule has 0 N–H and O–H groups in total. The van der Waals surface area contributed by atoms with Crippen molar-refractivity contribution >= 4 is 0 Å². The summed E-state index contributed by atoms with van der Waals surface area (Å²) in [6, 6.07) is 9.00. The van der Waals surface area contributed by atoms with Gasteiger partial charge in [-0.05, 0) is 28.4 Å². The van der Waals surface area contributed by atoms with Crippen LogP contribution in [0, 0.1) is 5.41 Å². The fourth-order valence-corrected chi connectivity index (χ4v) is 1.76. The minimum atomic E-state index is 0. The molecular formula is C21H48. The Hall–Kier alpha value is -0.780. The molecule has 132 valence electrons. The Labute approximate surface area is 139 Å². The van der Waals surface area contributed by atoms with E-state index in [9.17, 15) is 0 Å². The van der Waals surface area contributed by atoms with E-state index in [2.05, 4.69) is 65.8 Å². The highest BCUT2D eigenvalue weighted by Gasteiger charge is 2.16. The first kappa shape index (κ1) is 36.9. The third kappa shape index (κ3) is 13.9. The van der Waals surface area contributed by atoms with E-state index in [1.807, 2.05) is 0 Å². The zero-order chi connectivity index (χ0) is 11.7. The average molecular weight is 301 g/mol. The quantitative estimate of drug-likeness (QED) is 0.488. The number of hydrogen-bond acceptors (Lipinski definition) is 0. The molecule has 0 aliphatic heterocycles. The first-order chi connectivity index (χ1) is 6.68. The van der Waals surface area contributed by atoms with Crippen LogP contribution in [-0.2, 0) is 11.8 Å². The van der Waals surface area contributed by atoms with Crippen molar-refractivity contribution in [2.24, 2.45) is 5.41 Å². The summed E-state index contributed by atoms with van der Waals surface area (Å²) < 4.78 is 0. The lowest BCUT2D eigenvalue weighted by molar-refractivity contribution is 0.410. The molecule has 0 heteroatoms. The maximum atomic E-state index is 2.35. The molecule has 1 aromatic rings. The molecular weight excluding hydrogens is 252 g/mol. The fourth-order valence-electron chi connectivity index (χ4n) is 1.76. The van der Waals surface area contributed by atoms with Gasteiger partial charge in [0, 0.05) is 0 Å². The van der Waals surface area contributed by atoms with E-state index in [4.69, 9.17) is 0 Å². The molecule has 0 spiro atoms. The van der Waals surface area contributed by atoms with E-state index >= 15 is 0 Å². The molecule has 0 nitrogen and oxygen atoms in total. The molecule has 21 heavy (non-hydrogen) atoms. The summed E-state index contributed by atoms with van der Waals surface area (Å²) in [6.07, 6.45) is 1.15. The van der Waals surface area contributed by atoms with Gasteiger partial charge in [-0.2, -0.15) is 0 Å². The molecule has 0 aliphatic carbocycles. The van der Waals surface area contributed by atoms with Gasteiger partial charge in [0.05, 0.1) is 0 Å². The van der Waals surface area contributed by atoms with Crippen molar-refractivity contribution in [1.29, 1.82) is 0 Å². The van der Waals surface area contributed by atoms with Crippen LogP contribution in [0.25, 0.3) is 0 Å². The fraction of sp³-hybridized carbons (Fsp3) is 0.714. The van der Waals surface area contributed by atoms with Crippen LogP contribution in [0.15, 0.2) is 24.3 Å². The summed E-state index contributed by atoms with van der Waals surface area (Å²) in [5.41, 5.74) is 3.52. The topological polar surface area (TPSA) is 0 Å². The highest BCUT2D eigenvalue weighted by atomic mass is 14.2. The van der Waals surface area contributed by atoms with Crippen molar-refractivity contribution < 1.29 is 0 Å². The van der Waals surface area contributed by atoms with E-state index in [1.165, 1.54) is 11.1 Å². The Bertz CT molecular complexity index is 321. The van der Waals surface area contributed by atoms with Gasteiger partial charge in [0.2, 0.25) is 0 Å². The normalized spacial score (nSPS) is 9.24. The van der Waals surface area contributed by atoms with Gasteiger partial charge in [-0.1, -0.05) is 110 Å². The summed E-state index contributed by atoms with van der Waals surface area (Å²) in [6.45, 7) is 13.7. The van der Waals surface area contributed by atoms with Gasteiger partial charge in [0.25, 0.3) is 0 Å². The monoisotopic (exact) mass is 300 g/mol. The van der Waals surface area contributed by atoms with Crippen molar-refractivity contribution in [3.8, 4) is 0 Å². The van der Waals surface area contributed by atoms with Crippen molar-refractivity contribution in [2.75, 3.05) is 0 Å². The zero-order valence-electron chi connectivity index (χ0n) is 11.0. The smallest absolute Gasteiger partial charge is 0.0132 e. The Morgan fingerprint density at radius 3 is 1.48 bits per heavy atom. The molecule has 0 aromatic heterocycles. The van der Waals surface area contributed by atoms with Gasteiger partial charge in [0.15, 0.2) is 0 Å². The lowest BCUT2D eigenvalue weighted by Crippen LogP contribution is -2.13. The Morgan fingerprint density at radius 2 is 1.14 bits per heavy atom. The Morgan fingerprint density at radius 1 is 0.714 bits per heavy atom. The van der Waals surface area contributed by atoms with Crippen molar-refractivity contribution in [3.05, 3.63) is 35.4 Å². The molecule has 0 heterocycles. The van der Waals surface area contributed by atoms with E-state index < -0.39 is 0 Å². The predicted molar refractivity (Wildman–Crippen MR) is 109 cm³/mol. The van der Waals surface area contributed by atoms with E-state index in [0.29, 0.717) is 5.41 Å². The second kappa shape index (κ2) is 12.9. The first-order valence-electron chi connectivity index (χ1n) is 5.78. The average Bonchev–Trinajstić information content (AvgIpc) is 1.99. The van der Waals surface area contributed by atoms with Gasteiger partial charge in [-0.25, -0.2) is 0 Å². The van der Waals surface area contributed by atoms with Crippen LogP contribution in [-0.4, -0.2) is 0 Å². The van der Waals surface area contributed by atoms with Crippen LogP contribution < -0.4 is 0 Å². The molecule has 0 atom stereocenters. The van der Waals surface area contributed by atoms with Gasteiger partial charge in [0.1, 0.15) is 0 Å². The van der Waals surface area contributed by atoms with Gasteiger partial charge in [-0.15, -0.1) is 0 Å². The van der Waals surface area contributed by atoms with Crippen LogP contribution in [0.4, 0.5) is 0 Å². The van der Waals surface area contributed by atoms with Gasteiger partial charge in [-0.3, -0.25) is 0 Å².